The van der Waals surface area contributed by atoms with Crippen molar-refractivity contribution in [1.82, 2.24) is 0 Å². The Hall–Kier alpha value is -2.92. The quantitative estimate of drug-likeness (QED) is 0.453. The molecule has 3 aromatic rings. The molecule has 0 N–H and O–H groups in total. The van der Waals surface area contributed by atoms with E-state index < -0.39 is 5.82 Å². The Bertz CT molecular complexity index is 923. The predicted molar refractivity (Wildman–Crippen MR) is 105 cm³/mol. The topological polar surface area (TPSA) is 23.8 Å². The van der Waals surface area contributed by atoms with Crippen LogP contribution in [-0.2, 0) is 6.42 Å². The fraction of sp³-hybridized carbons (Fsp3) is 0.208. The van der Waals surface area contributed by atoms with E-state index in [4.69, 9.17) is 5.26 Å². The lowest BCUT2D eigenvalue weighted by Crippen LogP contribution is -1.92. The zero-order valence-corrected chi connectivity index (χ0v) is 15.0. The first kappa shape index (κ1) is 17.9. The van der Waals surface area contributed by atoms with Crippen molar-refractivity contribution in [3.8, 4) is 28.3 Å². The monoisotopic (exact) mass is 343 g/mol. The molecule has 1 nitrogen and oxygen atoms in total. The molecule has 0 saturated carbocycles. The van der Waals surface area contributed by atoms with Crippen molar-refractivity contribution in [2.45, 2.75) is 32.6 Å². The molecule has 0 spiro atoms. The molecular weight excluding hydrogens is 321 g/mol. The zero-order valence-electron chi connectivity index (χ0n) is 15.0. The summed E-state index contributed by atoms with van der Waals surface area (Å²) in [5.74, 6) is -0.472. The number of unbranched alkanes of at least 4 members (excludes halogenated alkanes) is 2. The third kappa shape index (κ3) is 4.00. The van der Waals surface area contributed by atoms with Gasteiger partial charge in [-0.15, -0.1) is 0 Å². The van der Waals surface area contributed by atoms with Gasteiger partial charge in [-0.25, -0.2) is 4.39 Å². The molecule has 0 radical (unpaired) electrons. The van der Waals surface area contributed by atoms with E-state index in [-0.39, 0.29) is 5.56 Å². The molecule has 0 aliphatic carbocycles. The van der Waals surface area contributed by atoms with Crippen molar-refractivity contribution in [1.29, 1.82) is 5.26 Å². The molecule has 0 amide bonds. The molecule has 0 atom stereocenters. The van der Waals surface area contributed by atoms with Gasteiger partial charge in [0, 0.05) is 0 Å². The summed E-state index contributed by atoms with van der Waals surface area (Å²) in [5.41, 5.74) is 5.33. The van der Waals surface area contributed by atoms with Crippen LogP contribution in [0.25, 0.3) is 22.3 Å². The van der Waals surface area contributed by atoms with E-state index >= 15 is 0 Å². The lowest BCUT2D eigenvalue weighted by molar-refractivity contribution is 0.624. The number of halogens is 1. The lowest BCUT2D eigenvalue weighted by Gasteiger charge is -2.13. The van der Waals surface area contributed by atoms with Crippen LogP contribution < -0.4 is 0 Å². The van der Waals surface area contributed by atoms with Crippen LogP contribution in [0.2, 0.25) is 0 Å². The number of aryl methyl sites for hydroxylation is 1. The van der Waals surface area contributed by atoms with Crippen molar-refractivity contribution in [2.75, 3.05) is 0 Å². The Morgan fingerprint density at radius 1 is 0.846 bits per heavy atom. The number of hydrogen-bond acceptors (Lipinski definition) is 1. The summed E-state index contributed by atoms with van der Waals surface area (Å²) in [6, 6.07) is 23.3. The maximum absolute atomic E-state index is 14.2. The highest BCUT2D eigenvalue weighted by Crippen LogP contribution is 2.34. The smallest absolute Gasteiger partial charge is 0.141 e. The molecule has 0 aliphatic heterocycles. The molecule has 3 rings (SSSR count). The average Bonchev–Trinajstić information content (AvgIpc) is 2.69. The summed E-state index contributed by atoms with van der Waals surface area (Å²) in [7, 11) is 0. The molecule has 0 aliphatic rings. The summed E-state index contributed by atoms with van der Waals surface area (Å²) >= 11 is 0. The van der Waals surface area contributed by atoms with Crippen molar-refractivity contribution < 1.29 is 4.39 Å². The second-order valence-electron chi connectivity index (χ2n) is 6.51. The molecule has 130 valence electrons. The summed E-state index contributed by atoms with van der Waals surface area (Å²) in [6.07, 6.45) is 4.58. The van der Waals surface area contributed by atoms with Crippen molar-refractivity contribution in [2.24, 2.45) is 0 Å². The lowest BCUT2D eigenvalue weighted by atomic mass is 9.91. The van der Waals surface area contributed by atoms with Crippen LogP contribution in [0.1, 0.15) is 37.3 Å². The fourth-order valence-corrected chi connectivity index (χ4v) is 3.21. The number of nitrogens with zero attached hydrogens (tertiary/aromatic N) is 1. The molecule has 0 bridgehead atoms. The Morgan fingerprint density at radius 2 is 1.65 bits per heavy atom. The molecule has 0 unspecified atom stereocenters. The first-order chi connectivity index (χ1) is 12.7. The summed E-state index contributed by atoms with van der Waals surface area (Å²) in [4.78, 5) is 0. The average molecular weight is 343 g/mol. The Morgan fingerprint density at radius 3 is 2.35 bits per heavy atom. The molecule has 2 heteroatoms. The highest BCUT2D eigenvalue weighted by Gasteiger charge is 2.11. The largest absolute Gasteiger partial charge is 0.206 e. The molecule has 3 aromatic carbocycles. The summed E-state index contributed by atoms with van der Waals surface area (Å²) < 4.78 is 14.2. The number of rotatable bonds is 6. The van der Waals surface area contributed by atoms with Crippen LogP contribution in [0.5, 0.6) is 0 Å². The first-order valence-electron chi connectivity index (χ1n) is 9.11. The molecule has 0 aromatic heterocycles. The third-order valence-corrected chi connectivity index (χ3v) is 4.64. The Labute approximate surface area is 154 Å². The highest BCUT2D eigenvalue weighted by atomic mass is 19.1. The molecule has 0 fully saturated rings. The maximum Gasteiger partial charge on any atom is 0.141 e. The van der Waals surface area contributed by atoms with Gasteiger partial charge in [-0.1, -0.05) is 74.4 Å². The van der Waals surface area contributed by atoms with Crippen LogP contribution >= 0.6 is 0 Å². The van der Waals surface area contributed by atoms with Crippen LogP contribution in [-0.4, -0.2) is 0 Å². The number of nitriles is 1. The summed E-state index contributed by atoms with van der Waals surface area (Å²) in [6.45, 7) is 2.20. The van der Waals surface area contributed by atoms with E-state index in [0.29, 0.717) is 0 Å². The van der Waals surface area contributed by atoms with Gasteiger partial charge in [0.25, 0.3) is 0 Å². The van der Waals surface area contributed by atoms with Gasteiger partial charge >= 0.3 is 0 Å². The van der Waals surface area contributed by atoms with Gasteiger partial charge in [0.2, 0.25) is 0 Å². The van der Waals surface area contributed by atoms with Crippen molar-refractivity contribution >= 4 is 0 Å². The second-order valence-corrected chi connectivity index (χ2v) is 6.51. The fourth-order valence-electron chi connectivity index (χ4n) is 3.21. The van der Waals surface area contributed by atoms with Crippen molar-refractivity contribution in [3.05, 3.63) is 83.7 Å². The van der Waals surface area contributed by atoms with Gasteiger partial charge in [0.05, 0.1) is 5.56 Å². The van der Waals surface area contributed by atoms with Crippen LogP contribution in [0, 0.1) is 17.1 Å². The third-order valence-electron chi connectivity index (χ3n) is 4.64. The Balaban J connectivity index is 2.08. The zero-order chi connectivity index (χ0) is 18.4. The van der Waals surface area contributed by atoms with E-state index in [9.17, 15) is 4.39 Å². The van der Waals surface area contributed by atoms with Crippen LogP contribution in [0.15, 0.2) is 66.7 Å². The van der Waals surface area contributed by atoms with E-state index in [0.717, 1.165) is 35.1 Å². The standard InChI is InChI=1S/C24H22FN/c1-2-3-5-8-18-11-14-22(19-9-6-4-7-10-19)23(15-18)20-12-13-21(17-26)24(25)16-20/h4,6-7,9-16H,2-3,5,8H2,1H3. The number of benzene rings is 3. The normalized spacial score (nSPS) is 10.5. The minimum absolute atomic E-state index is 0.0779. The SMILES string of the molecule is CCCCCc1ccc(-c2ccccc2)c(-c2ccc(C#N)c(F)c2)c1. The van der Waals surface area contributed by atoms with Gasteiger partial charge in [-0.3, -0.25) is 0 Å². The molecular formula is C24H22FN. The van der Waals surface area contributed by atoms with Crippen LogP contribution in [0.3, 0.4) is 0 Å². The molecule has 0 saturated heterocycles. The summed E-state index contributed by atoms with van der Waals surface area (Å²) in [5, 5.41) is 8.99. The van der Waals surface area contributed by atoms with Gasteiger partial charge in [0.1, 0.15) is 11.9 Å². The van der Waals surface area contributed by atoms with Crippen molar-refractivity contribution in [3.63, 3.8) is 0 Å². The van der Waals surface area contributed by atoms with Gasteiger partial charge in [0.15, 0.2) is 0 Å². The van der Waals surface area contributed by atoms with Crippen LogP contribution in [0.4, 0.5) is 4.39 Å². The second kappa shape index (κ2) is 8.45. The van der Waals surface area contributed by atoms with E-state index in [1.165, 1.54) is 24.5 Å². The predicted octanol–water partition coefficient (Wildman–Crippen LogP) is 6.76. The molecule has 0 heterocycles. The van der Waals surface area contributed by atoms with Gasteiger partial charge in [-0.2, -0.15) is 5.26 Å². The maximum atomic E-state index is 14.2. The molecule has 26 heavy (non-hydrogen) atoms. The number of hydrogen-bond donors (Lipinski definition) is 0. The van der Waals surface area contributed by atoms with E-state index in [1.807, 2.05) is 30.3 Å². The van der Waals surface area contributed by atoms with E-state index in [1.54, 1.807) is 6.07 Å². The van der Waals surface area contributed by atoms with Gasteiger partial charge in [-0.05, 0) is 52.8 Å². The minimum atomic E-state index is -0.472. The van der Waals surface area contributed by atoms with E-state index in [2.05, 4.69) is 37.3 Å². The first-order valence-corrected chi connectivity index (χ1v) is 9.11. The highest BCUT2D eigenvalue weighted by molar-refractivity contribution is 5.84. The Kier molecular flexibility index (Phi) is 5.81. The van der Waals surface area contributed by atoms with Gasteiger partial charge < -0.3 is 0 Å². The minimum Gasteiger partial charge on any atom is -0.206 e.